The normalized spacial score (nSPS) is 11.8. The summed E-state index contributed by atoms with van der Waals surface area (Å²) in [4.78, 5) is 0. The molecule has 1 aromatic carbocycles. The van der Waals surface area contributed by atoms with Crippen LogP contribution in [0.15, 0.2) is 22.3 Å². The molecule has 0 radical (unpaired) electrons. The zero-order chi connectivity index (χ0) is 9.14. The first kappa shape index (κ1) is 9.64. The summed E-state index contributed by atoms with van der Waals surface area (Å²) in [7, 11) is 0. The molecule has 0 nitrogen and oxygen atoms in total. The lowest BCUT2D eigenvalue weighted by Gasteiger charge is -1.99. The van der Waals surface area contributed by atoms with E-state index in [1.165, 1.54) is 6.07 Å². The lowest BCUT2D eigenvalue weighted by Crippen LogP contribution is -1.86. The molecule has 0 aliphatic carbocycles. The SMILES string of the molecule is C/C(=C/I)c1ccc(F)c(F)c1. The highest BCUT2D eigenvalue weighted by Gasteiger charge is 2.02. The van der Waals surface area contributed by atoms with Crippen LogP contribution in [0.2, 0.25) is 0 Å². The van der Waals surface area contributed by atoms with Gasteiger partial charge in [-0.05, 0) is 34.3 Å². The van der Waals surface area contributed by atoms with Crippen LogP contribution in [0, 0.1) is 11.6 Å². The second kappa shape index (κ2) is 3.98. The largest absolute Gasteiger partial charge is 0.204 e. The summed E-state index contributed by atoms with van der Waals surface area (Å²) >= 11 is 2.06. The van der Waals surface area contributed by atoms with Crippen molar-refractivity contribution in [1.29, 1.82) is 0 Å². The smallest absolute Gasteiger partial charge is 0.159 e. The van der Waals surface area contributed by atoms with Crippen molar-refractivity contribution >= 4 is 28.2 Å². The van der Waals surface area contributed by atoms with Gasteiger partial charge >= 0.3 is 0 Å². The fraction of sp³-hybridized carbons (Fsp3) is 0.111. The maximum atomic E-state index is 12.7. The number of halogens is 3. The standard InChI is InChI=1S/C9H7F2I/c1-6(5-12)7-2-3-8(10)9(11)4-7/h2-5H,1H3/b6-5-. The Hall–Kier alpha value is -0.450. The Bertz CT molecular complexity index is 318. The molecule has 12 heavy (non-hydrogen) atoms. The molecule has 0 aliphatic rings. The minimum atomic E-state index is -0.806. The average Bonchev–Trinajstić information content (AvgIpc) is 2.08. The van der Waals surface area contributed by atoms with Gasteiger partial charge in [0.25, 0.3) is 0 Å². The van der Waals surface area contributed by atoms with E-state index in [2.05, 4.69) is 22.6 Å². The van der Waals surface area contributed by atoms with E-state index >= 15 is 0 Å². The molecule has 3 heteroatoms. The Morgan fingerprint density at radius 2 is 2.00 bits per heavy atom. The highest BCUT2D eigenvalue weighted by atomic mass is 127. The van der Waals surface area contributed by atoms with Gasteiger partial charge in [0.1, 0.15) is 0 Å². The molecule has 64 valence electrons. The summed E-state index contributed by atoms with van der Waals surface area (Å²) in [6.45, 7) is 1.85. The Morgan fingerprint density at radius 3 is 2.50 bits per heavy atom. The van der Waals surface area contributed by atoms with Gasteiger partial charge in [-0.1, -0.05) is 28.7 Å². The number of benzene rings is 1. The minimum Gasteiger partial charge on any atom is -0.204 e. The highest BCUT2D eigenvalue weighted by Crippen LogP contribution is 2.17. The molecule has 0 aromatic heterocycles. The third kappa shape index (κ3) is 2.03. The molecule has 0 saturated heterocycles. The van der Waals surface area contributed by atoms with E-state index < -0.39 is 11.6 Å². The summed E-state index contributed by atoms with van der Waals surface area (Å²) < 4.78 is 27.0. The summed E-state index contributed by atoms with van der Waals surface area (Å²) in [6.07, 6.45) is 0. The molecule has 0 atom stereocenters. The Balaban J connectivity index is 3.13. The van der Waals surface area contributed by atoms with Gasteiger partial charge < -0.3 is 0 Å². The Morgan fingerprint density at radius 1 is 1.33 bits per heavy atom. The van der Waals surface area contributed by atoms with Gasteiger partial charge in [-0.25, -0.2) is 8.78 Å². The van der Waals surface area contributed by atoms with Gasteiger partial charge in [-0.2, -0.15) is 0 Å². The van der Waals surface area contributed by atoms with Gasteiger partial charge in [0, 0.05) is 0 Å². The number of hydrogen-bond donors (Lipinski definition) is 0. The van der Waals surface area contributed by atoms with Crippen LogP contribution in [0.5, 0.6) is 0 Å². The molecule has 0 bridgehead atoms. The summed E-state index contributed by atoms with van der Waals surface area (Å²) in [5, 5.41) is 0. The van der Waals surface area contributed by atoms with Gasteiger partial charge in [0.05, 0.1) is 0 Å². The second-order valence-corrected chi connectivity index (χ2v) is 3.04. The Labute approximate surface area is 83.4 Å². The molecule has 0 unspecified atom stereocenters. The minimum absolute atomic E-state index is 0.711. The topological polar surface area (TPSA) is 0 Å². The first-order chi connectivity index (χ1) is 5.65. The lowest BCUT2D eigenvalue weighted by atomic mass is 10.1. The first-order valence-corrected chi connectivity index (χ1v) is 4.62. The monoisotopic (exact) mass is 280 g/mol. The maximum absolute atomic E-state index is 12.7. The molecule has 1 aromatic rings. The maximum Gasteiger partial charge on any atom is 0.159 e. The third-order valence-corrected chi connectivity index (χ3v) is 2.47. The summed E-state index contributed by atoms with van der Waals surface area (Å²) in [5.74, 6) is -1.61. The molecular weight excluding hydrogens is 273 g/mol. The molecule has 0 N–H and O–H groups in total. The van der Waals surface area contributed by atoms with Crippen LogP contribution >= 0.6 is 22.6 Å². The van der Waals surface area contributed by atoms with E-state index in [4.69, 9.17) is 0 Å². The quantitative estimate of drug-likeness (QED) is 0.687. The molecule has 0 spiro atoms. The predicted molar refractivity (Wildman–Crippen MR) is 54.0 cm³/mol. The average molecular weight is 280 g/mol. The zero-order valence-corrected chi connectivity index (χ0v) is 8.60. The zero-order valence-electron chi connectivity index (χ0n) is 6.44. The van der Waals surface area contributed by atoms with Gasteiger partial charge in [-0.3, -0.25) is 0 Å². The van der Waals surface area contributed by atoms with E-state index in [-0.39, 0.29) is 0 Å². The van der Waals surface area contributed by atoms with E-state index in [1.807, 2.05) is 11.0 Å². The van der Waals surface area contributed by atoms with Crippen molar-refractivity contribution in [3.05, 3.63) is 39.5 Å². The van der Waals surface area contributed by atoms with Crippen LogP contribution < -0.4 is 0 Å². The molecule has 1 rings (SSSR count). The van der Waals surface area contributed by atoms with Crippen LogP contribution in [0.3, 0.4) is 0 Å². The lowest BCUT2D eigenvalue weighted by molar-refractivity contribution is 0.508. The Kier molecular flexibility index (Phi) is 3.20. The van der Waals surface area contributed by atoms with Crippen LogP contribution in [0.1, 0.15) is 12.5 Å². The van der Waals surface area contributed by atoms with Crippen molar-refractivity contribution in [3.8, 4) is 0 Å². The van der Waals surface area contributed by atoms with Crippen LogP contribution in [0.25, 0.3) is 5.57 Å². The van der Waals surface area contributed by atoms with Gasteiger partial charge in [0.2, 0.25) is 0 Å². The van der Waals surface area contributed by atoms with Crippen molar-refractivity contribution in [3.63, 3.8) is 0 Å². The fourth-order valence-electron chi connectivity index (χ4n) is 0.804. The van der Waals surface area contributed by atoms with E-state index in [9.17, 15) is 8.78 Å². The van der Waals surface area contributed by atoms with E-state index in [1.54, 1.807) is 6.07 Å². The van der Waals surface area contributed by atoms with Crippen molar-refractivity contribution in [1.82, 2.24) is 0 Å². The van der Waals surface area contributed by atoms with Gasteiger partial charge in [0.15, 0.2) is 11.6 Å². The molecule has 0 heterocycles. The first-order valence-electron chi connectivity index (χ1n) is 3.37. The highest BCUT2D eigenvalue weighted by molar-refractivity contribution is 14.1. The molecular formula is C9H7F2I. The van der Waals surface area contributed by atoms with Crippen LogP contribution in [0.4, 0.5) is 8.78 Å². The molecule has 0 fully saturated rings. The molecule has 0 amide bonds. The van der Waals surface area contributed by atoms with Crippen molar-refractivity contribution in [2.45, 2.75) is 6.92 Å². The summed E-state index contributed by atoms with van der Waals surface area (Å²) in [6, 6.07) is 3.89. The van der Waals surface area contributed by atoms with E-state index in [0.717, 1.165) is 11.6 Å². The third-order valence-electron chi connectivity index (χ3n) is 1.54. The van der Waals surface area contributed by atoms with Crippen molar-refractivity contribution < 1.29 is 8.78 Å². The summed E-state index contributed by atoms with van der Waals surface area (Å²) in [5.41, 5.74) is 1.64. The number of allylic oxidation sites excluding steroid dienone is 1. The second-order valence-electron chi connectivity index (χ2n) is 2.42. The van der Waals surface area contributed by atoms with Crippen molar-refractivity contribution in [2.75, 3.05) is 0 Å². The molecule has 0 saturated carbocycles. The van der Waals surface area contributed by atoms with Gasteiger partial charge in [-0.15, -0.1) is 0 Å². The number of rotatable bonds is 1. The van der Waals surface area contributed by atoms with E-state index in [0.29, 0.717) is 5.56 Å². The van der Waals surface area contributed by atoms with Crippen LogP contribution in [-0.4, -0.2) is 0 Å². The van der Waals surface area contributed by atoms with Crippen molar-refractivity contribution in [2.24, 2.45) is 0 Å². The molecule has 0 aliphatic heterocycles. The van der Waals surface area contributed by atoms with Crippen LogP contribution in [-0.2, 0) is 0 Å². The number of hydrogen-bond acceptors (Lipinski definition) is 0. The predicted octanol–water partition coefficient (Wildman–Crippen LogP) is 3.76. The fourth-order valence-corrected chi connectivity index (χ4v) is 1.16.